The second-order valence-corrected chi connectivity index (χ2v) is 10.3. The van der Waals surface area contributed by atoms with Crippen molar-refractivity contribution in [1.82, 2.24) is 0 Å². The predicted molar refractivity (Wildman–Crippen MR) is 109 cm³/mol. The third-order valence-electron chi connectivity index (χ3n) is 8.85. The molecular weight excluding hydrogens is 368 g/mol. The van der Waals surface area contributed by atoms with Crippen molar-refractivity contribution >= 4 is 11.8 Å². The number of methoxy groups -OCH3 is 1. The van der Waals surface area contributed by atoms with Crippen molar-refractivity contribution in [1.29, 1.82) is 0 Å². The molecule has 1 N–H and O–H groups in total. The van der Waals surface area contributed by atoms with Crippen LogP contribution in [-0.4, -0.2) is 42.8 Å². The zero-order valence-electron chi connectivity index (χ0n) is 18.3. The average molecular weight is 405 g/mol. The van der Waals surface area contributed by atoms with Gasteiger partial charge in [0.2, 0.25) is 0 Å². The first kappa shape index (κ1) is 21.0. The molecule has 8 atom stereocenters. The molecule has 0 saturated heterocycles. The van der Waals surface area contributed by atoms with Crippen LogP contribution in [0.4, 0.5) is 0 Å². The van der Waals surface area contributed by atoms with Gasteiger partial charge in [-0.3, -0.25) is 9.59 Å². The molecule has 0 bridgehead atoms. The number of ether oxygens (including phenoxy) is 2. The van der Waals surface area contributed by atoms with Gasteiger partial charge in [-0.25, -0.2) is 0 Å². The fraction of sp³-hybridized carbons (Fsp3) is 0.833. The first-order valence-corrected chi connectivity index (χ1v) is 11.3. The van der Waals surface area contributed by atoms with Crippen LogP contribution in [0.1, 0.15) is 65.7 Å². The van der Waals surface area contributed by atoms with E-state index in [-0.39, 0.29) is 35.8 Å². The summed E-state index contributed by atoms with van der Waals surface area (Å²) in [5.74, 6) is 1.33. The Labute approximate surface area is 174 Å². The molecule has 5 unspecified atom stereocenters. The highest BCUT2D eigenvalue weighted by molar-refractivity contribution is 5.96. The van der Waals surface area contributed by atoms with Gasteiger partial charge in [-0.1, -0.05) is 25.5 Å². The first-order valence-electron chi connectivity index (χ1n) is 11.3. The summed E-state index contributed by atoms with van der Waals surface area (Å²) in [6.07, 6.45) is 8.69. The second kappa shape index (κ2) is 7.49. The van der Waals surface area contributed by atoms with E-state index in [2.05, 4.69) is 19.9 Å². The number of aliphatic hydroxyl groups excluding tert-OH is 1. The number of hydrogen-bond donors (Lipinski definition) is 1. The van der Waals surface area contributed by atoms with Crippen LogP contribution in [0.3, 0.4) is 0 Å². The molecule has 0 aromatic heterocycles. The number of hydrogen-bond acceptors (Lipinski definition) is 5. The number of ketones is 1. The van der Waals surface area contributed by atoms with Crippen molar-refractivity contribution in [3.8, 4) is 0 Å². The number of carbonyl (C=O) groups is 2. The van der Waals surface area contributed by atoms with Gasteiger partial charge in [0.25, 0.3) is 0 Å². The third-order valence-corrected chi connectivity index (χ3v) is 8.85. The van der Waals surface area contributed by atoms with Gasteiger partial charge in [-0.15, -0.1) is 0 Å². The Bertz CT molecular complexity index is 714. The Morgan fingerprint density at radius 3 is 2.79 bits per heavy atom. The van der Waals surface area contributed by atoms with Crippen LogP contribution in [0.5, 0.6) is 0 Å². The summed E-state index contributed by atoms with van der Waals surface area (Å²) in [4.78, 5) is 24.5. The van der Waals surface area contributed by atoms with Gasteiger partial charge in [-0.05, 0) is 74.0 Å². The first-order chi connectivity index (χ1) is 13.8. The van der Waals surface area contributed by atoms with Crippen LogP contribution < -0.4 is 0 Å². The van der Waals surface area contributed by atoms with Gasteiger partial charge in [-0.2, -0.15) is 0 Å². The highest BCUT2D eigenvalue weighted by atomic mass is 16.5. The lowest BCUT2D eigenvalue weighted by molar-refractivity contribution is -0.154. The summed E-state index contributed by atoms with van der Waals surface area (Å²) in [5, 5.41) is 9.74. The van der Waals surface area contributed by atoms with Crippen molar-refractivity contribution in [2.24, 2.45) is 34.5 Å². The third kappa shape index (κ3) is 3.20. The predicted octanol–water partition coefficient (Wildman–Crippen LogP) is 3.68. The van der Waals surface area contributed by atoms with Crippen molar-refractivity contribution in [3.63, 3.8) is 0 Å². The lowest BCUT2D eigenvalue weighted by Gasteiger charge is -2.44. The Hall–Kier alpha value is -1.20. The molecule has 0 amide bonds. The Morgan fingerprint density at radius 2 is 2.14 bits per heavy atom. The number of carbonyl (C=O) groups excluding carboxylic acids is 2. The molecule has 4 saturated carbocycles. The van der Waals surface area contributed by atoms with Gasteiger partial charge in [0.1, 0.15) is 0 Å². The van der Waals surface area contributed by atoms with Crippen molar-refractivity contribution in [2.75, 3.05) is 13.7 Å². The molecule has 5 nitrogen and oxygen atoms in total. The number of esters is 1. The number of fused-ring (bicyclic) bond motifs is 2. The molecule has 4 fully saturated rings. The van der Waals surface area contributed by atoms with E-state index in [0.29, 0.717) is 24.2 Å². The molecule has 4 aliphatic carbocycles. The number of allylic oxidation sites excluding steroid dienone is 1. The van der Waals surface area contributed by atoms with Crippen LogP contribution in [0.25, 0.3) is 0 Å². The van der Waals surface area contributed by atoms with Crippen molar-refractivity contribution < 1.29 is 24.2 Å². The largest absolute Gasteiger partial charge is 0.455 e. The normalized spacial score (nSPS) is 44.3. The van der Waals surface area contributed by atoms with E-state index in [0.717, 1.165) is 25.7 Å². The quantitative estimate of drug-likeness (QED) is 0.540. The van der Waals surface area contributed by atoms with E-state index in [1.54, 1.807) is 7.11 Å². The van der Waals surface area contributed by atoms with Crippen molar-refractivity contribution in [3.05, 3.63) is 11.6 Å². The maximum atomic E-state index is 13.1. The monoisotopic (exact) mass is 404 g/mol. The van der Waals surface area contributed by atoms with Gasteiger partial charge in [0, 0.05) is 20.6 Å². The van der Waals surface area contributed by atoms with Crippen LogP contribution in [0.2, 0.25) is 0 Å². The summed E-state index contributed by atoms with van der Waals surface area (Å²) >= 11 is 0. The molecule has 0 radical (unpaired) electrons. The molecule has 0 aliphatic heterocycles. The number of aliphatic hydroxyl groups is 1. The SMILES string of the molecule is COC(C=C1CCC[C@@]2(C)C1CCC2[C@H](C)CO)C12CC1C[C@H](OC(C)=O)C2=O. The molecule has 4 aliphatic rings. The maximum Gasteiger partial charge on any atom is 0.303 e. The molecular formula is C24H36O5. The van der Waals surface area contributed by atoms with Crippen LogP contribution in [-0.2, 0) is 19.1 Å². The standard InChI is InChI=1S/C24H36O5/c1-14(13-25)18-7-8-19-16(6-5-9-23(18,19)3)10-21(28-4)24-12-17(24)11-20(22(24)27)29-15(2)26/h10,14,17-21,25H,5-9,11-13H2,1-4H3/t14-,17?,18?,19?,20+,21?,23-,24?/m1/s1. The minimum atomic E-state index is -0.597. The highest BCUT2D eigenvalue weighted by Crippen LogP contribution is 2.66. The molecule has 29 heavy (non-hydrogen) atoms. The minimum absolute atomic E-state index is 0.0539. The fourth-order valence-corrected chi connectivity index (χ4v) is 7.36. The number of Topliss-reactive ketones (excluding diaryl/α,β-unsaturated/α-hetero) is 1. The Morgan fingerprint density at radius 1 is 1.38 bits per heavy atom. The van der Waals surface area contributed by atoms with E-state index in [1.165, 1.54) is 25.3 Å². The zero-order valence-corrected chi connectivity index (χ0v) is 18.3. The summed E-state index contributed by atoms with van der Waals surface area (Å²) in [5.41, 5.74) is 1.18. The van der Waals surface area contributed by atoms with Crippen molar-refractivity contribution in [2.45, 2.75) is 77.9 Å². The second-order valence-electron chi connectivity index (χ2n) is 10.3. The molecule has 0 spiro atoms. The molecule has 5 heteroatoms. The average Bonchev–Trinajstić information content (AvgIpc) is 3.19. The summed E-state index contributed by atoms with van der Waals surface area (Å²) < 4.78 is 11.2. The zero-order chi connectivity index (χ0) is 21.0. The van der Waals surface area contributed by atoms with Gasteiger partial charge in [0.15, 0.2) is 11.9 Å². The molecule has 0 aromatic rings. The van der Waals surface area contributed by atoms with Crippen LogP contribution in [0, 0.1) is 34.5 Å². The molecule has 4 rings (SSSR count). The van der Waals surface area contributed by atoms with Gasteiger partial charge in [0.05, 0.1) is 11.5 Å². The van der Waals surface area contributed by atoms with E-state index < -0.39 is 11.5 Å². The lowest BCUT2D eigenvalue weighted by atomic mass is 9.61. The summed E-state index contributed by atoms with van der Waals surface area (Å²) in [6.45, 7) is 6.20. The fourth-order valence-electron chi connectivity index (χ4n) is 7.36. The smallest absolute Gasteiger partial charge is 0.303 e. The molecule has 0 heterocycles. The van der Waals surface area contributed by atoms with Gasteiger partial charge < -0.3 is 14.6 Å². The van der Waals surface area contributed by atoms with Crippen LogP contribution >= 0.6 is 0 Å². The Kier molecular flexibility index (Phi) is 5.44. The van der Waals surface area contributed by atoms with E-state index >= 15 is 0 Å². The van der Waals surface area contributed by atoms with Crippen LogP contribution in [0.15, 0.2) is 11.6 Å². The van der Waals surface area contributed by atoms with E-state index in [1.807, 2.05) is 0 Å². The highest BCUT2D eigenvalue weighted by Gasteiger charge is 2.71. The minimum Gasteiger partial charge on any atom is -0.455 e. The van der Waals surface area contributed by atoms with E-state index in [9.17, 15) is 14.7 Å². The Balaban J connectivity index is 1.57. The maximum absolute atomic E-state index is 13.1. The molecule has 162 valence electrons. The van der Waals surface area contributed by atoms with Gasteiger partial charge >= 0.3 is 5.97 Å². The number of rotatable bonds is 6. The van der Waals surface area contributed by atoms with E-state index in [4.69, 9.17) is 9.47 Å². The summed E-state index contributed by atoms with van der Waals surface area (Å²) in [7, 11) is 1.70. The lowest BCUT2D eigenvalue weighted by Crippen LogP contribution is -2.38. The molecule has 0 aromatic carbocycles. The topological polar surface area (TPSA) is 72.8 Å². The summed E-state index contributed by atoms with van der Waals surface area (Å²) in [6, 6.07) is 0.